The number of carbonyl (C=O) groups excluding carboxylic acids is 2. The molecule has 6 rings (SSSR count). The summed E-state index contributed by atoms with van der Waals surface area (Å²) in [4.78, 5) is 41.6. The van der Waals surface area contributed by atoms with Crippen molar-refractivity contribution < 1.29 is 14.0 Å². The van der Waals surface area contributed by atoms with Crippen LogP contribution in [-0.4, -0.2) is 72.5 Å². The highest BCUT2D eigenvalue weighted by Gasteiger charge is 2.55. The molecule has 10 heteroatoms. The number of halogens is 1. The molecule has 1 spiro atoms. The number of aromatic nitrogens is 2. The van der Waals surface area contributed by atoms with E-state index in [2.05, 4.69) is 32.5 Å². The van der Waals surface area contributed by atoms with E-state index in [1.54, 1.807) is 30.3 Å². The number of amides is 2. The quantitative estimate of drug-likeness (QED) is 0.596. The first kappa shape index (κ1) is 26.0. The first-order chi connectivity index (χ1) is 18.8. The van der Waals surface area contributed by atoms with Gasteiger partial charge in [-0.15, -0.1) is 0 Å². The monoisotopic (exact) mass is 535 g/mol. The van der Waals surface area contributed by atoms with Gasteiger partial charge in [0.25, 0.3) is 5.91 Å². The molecule has 1 saturated heterocycles. The number of anilines is 4. The van der Waals surface area contributed by atoms with Crippen molar-refractivity contribution in [2.75, 3.05) is 48.8 Å². The fraction of sp³-hybridized carbons (Fsp3) is 0.586. The summed E-state index contributed by atoms with van der Waals surface area (Å²) in [6.07, 6.45) is 11.0. The van der Waals surface area contributed by atoms with E-state index in [0.29, 0.717) is 18.3 Å². The second kappa shape index (κ2) is 10.4. The number of rotatable bonds is 5. The molecule has 9 nitrogen and oxygen atoms in total. The van der Waals surface area contributed by atoms with Gasteiger partial charge in [0.1, 0.15) is 11.5 Å². The molecule has 39 heavy (non-hydrogen) atoms. The minimum atomic E-state index is -0.544. The highest BCUT2D eigenvalue weighted by molar-refractivity contribution is 6.02. The zero-order valence-electron chi connectivity index (χ0n) is 22.9. The topological polar surface area (TPSA) is 93.7 Å². The van der Waals surface area contributed by atoms with Crippen LogP contribution in [0.25, 0.3) is 0 Å². The molecule has 1 aromatic heterocycles. The molecule has 3 fully saturated rings. The predicted molar refractivity (Wildman–Crippen MR) is 149 cm³/mol. The number of hydrogen-bond donors (Lipinski definition) is 2. The third kappa shape index (κ3) is 5.18. The number of nitrogens with zero attached hydrogens (tertiary/aromatic N) is 5. The second-order valence-corrected chi connectivity index (χ2v) is 11.8. The molecule has 0 atom stereocenters. The third-order valence-corrected chi connectivity index (χ3v) is 9.02. The summed E-state index contributed by atoms with van der Waals surface area (Å²) in [6, 6.07) is 4.87. The van der Waals surface area contributed by atoms with Gasteiger partial charge in [-0.05, 0) is 76.9 Å². The normalized spacial score (nSPS) is 22.0. The zero-order valence-corrected chi connectivity index (χ0v) is 22.9. The Morgan fingerprint density at radius 1 is 1.08 bits per heavy atom. The van der Waals surface area contributed by atoms with Gasteiger partial charge in [-0.2, -0.15) is 4.98 Å². The van der Waals surface area contributed by atoms with Crippen LogP contribution in [0.5, 0.6) is 0 Å². The maximum absolute atomic E-state index is 15.2. The summed E-state index contributed by atoms with van der Waals surface area (Å²) in [5, 5.41) is 6.05. The molecule has 3 heterocycles. The molecule has 208 valence electrons. The van der Waals surface area contributed by atoms with E-state index in [0.717, 1.165) is 57.4 Å². The number of likely N-dealkylation sites (tertiary alicyclic amines) is 1. The molecular formula is C29H38FN7O2. The SMILES string of the molecule is CN1CCC(NC(=O)c2ccc(Nc3ncc4c(n3)N(C3CCCCC3)CC3(CC3)C(=O)N4C)c(F)c2)CC1. The molecule has 2 amide bonds. The first-order valence-electron chi connectivity index (χ1n) is 14.3. The zero-order chi connectivity index (χ0) is 27.1. The molecule has 0 radical (unpaired) electrons. The summed E-state index contributed by atoms with van der Waals surface area (Å²) in [5.74, 6) is 0.323. The van der Waals surface area contributed by atoms with Crippen LogP contribution in [0.4, 0.5) is 27.5 Å². The van der Waals surface area contributed by atoms with Crippen molar-refractivity contribution in [1.29, 1.82) is 0 Å². The lowest BCUT2D eigenvalue weighted by molar-refractivity contribution is -0.123. The lowest BCUT2D eigenvalue weighted by Gasteiger charge is -2.36. The lowest BCUT2D eigenvalue weighted by Crippen LogP contribution is -2.43. The Morgan fingerprint density at radius 3 is 2.51 bits per heavy atom. The number of fused-ring (bicyclic) bond motifs is 1. The van der Waals surface area contributed by atoms with Gasteiger partial charge in [0.15, 0.2) is 5.82 Å². The molecule has 0 unspecified atom stereocenters. The Labute approximate surface area is 229 Å². The van der Waals surface area contributed by atoms with Gasteiger partial charge in [-0.3, -0.25) is 9.59 Å². The molecule has 2 aliphatic carbocycles. The average molecular weight is 536 g/mol. The number of hydrogen-bond acceptors (Lipinski definition) is 7. The molecule has 2 saturated carbocycles. The van der Waals surface area contributed by atoms with E-state index in [1.165, 1.54) is 25.3 Å². The highest BCUT2D eigenvalue weighted by Crippen LogP contribution is 2.52. The van der Waals surface area contributed by atoms with Crippen molar-refractivity contribution in [2.24, 2.45) is 5.41 Å². The smallest absolute Gasteiger partial charge is 0.251 e. The second-order valence-electron chi connectivity index (χ2n) is 11.8. The fourth-order valence-corrected chi connectivity index (χ4v) is 6.33. The van der Waals surface area contributed by atoms with Gasteiger partial charge < -0.3 is 25.3 Å². The standard InChI is InChI=1S/C29H38FN7O2/c1-35-14-10-20(11-15-35)32-26(38)19-8-9-23(22(30)16-19)33-28-31-17-24-25(34-28)37(21-6-4-3-5-7-21)18-29(12-13-29)27(39)36(24)2/h8-9,16-17,20-21H,3-7,10-15,18H2,1-2H3,(H,32,38)(H,31,33,34). The van der Waals surface area contributed by atoms with Gasteiger partial charge in [-0.25, -0.2) is 9.37 Å². The van der Waals surface area contributed by atoms with Gasteiger partial charge in [0, 0.05) is 31.2 Å². The third-order valence-electron chi connectivity index (χ3n) is 9.02. The number of nitrogens with one attached hydrogen (secondary N) is 2. The Bertz CT molecular complexity index is 1250. The van der Waals surface area contributed by atoms with Gasteiger partial charge in [-0.1, -0.05) is 19.3 Å². The minimum absolute atomic E-state index is 0.106. The molecule has 4 aliphatic rings. The largest absolute Gasteiger partial charge is 0.351 e. The van der Waals surface area contributed by atoms with Crippen molar-refractivity contribution in [3.8, 4) is 0 Å². The fourth-order valence-electron chi connectivity index (χ4n) is 6.33. The number of piperidine rings is 1. The van der Waals surface area contributed by atoms with Crippen LogP contribution >= 0.6 is 0 Å². The summed E-state index contributed by atoms with van der Waals surface area (Å²) in [6.45, 7) is 2.54. The van der Waals surface area contributed by atoms with Gasteiger partial charge in [0.2, 0.25) is 11.9 Å². The van der Waals surface area contributed by atoms with Gasteiger partial charge in [0.05, 0.1) is 17.3 Å². The number of carbonyl (C=O) groups is 2. The van der Waals surface area contributed by atoms with Crippen molar-refractivity contribution in [3.05, 3.63) is 35.8 Å². The summed E-state index contributed by atoms with van der Waals surface area (Å²) >= 11 is 0. The number of benzene rings is 1. The summed E-state index contributed by atoms with van der Waals surface area (Å²) in [5.41, 5.74) is 0.850. The molecule has 2 N–H and O–H groups in total. The lowest BCUT2D eigenvalue weighted by atomic mass is 9.93. The van der Waals surface area contributed by atoms with Crippen molar-refractivity contribution in [2.45, 2.75) is 69.9 Å². The highest BCUT2D eigenvalue weighted by atomic mass is 19.1. The van der Waals surface area contributed by atoms with E-state index in [-0.39, 0.29) is 40.5 Å². The Hall–Kier alpha value is -3.27. The Kier molecular flexibility index (Phi) is 6.91. The summed E-state index contributed by atoms with van der Waals surface area (Å²) < 4.78 is 15.2. The molecular weight excluding hydrogens is 497 g/mol. The van der Waals surface area contributed by atoms with Crippen molar-refractivity contribution in [1.82, 2.24) is 20.2 Å². The maximum Gasteiger partial charge on any atom is 0.251 e. The van der Waals surface area contributed by atoms with Crippen LogP contribution in [0.2, 0.25) is 0 Å². The van der Waals surface area contributed by atoms with Crippen LogP contribution < -0.4 is 20.4 Å². The van der Waals surface area contributed by atoms with Crippen LogP contribution in [-0.2, 0) is 4.79 Å². The van der Waals surface area contributed by atoms with Crippen LogP contribution in [0.1, 0.15) is 68.1 Å². The molecule has 1 aromatic carbocycles. The Balaban J connectivity index is 1.22. The minimum Gasteiger partial charge on any atom is -0.351 e. The molecule has 2 aromatic rings. The van der Waals surface area contributed by atoms with Crippen LogP contribution in [0.15, 0.2) is 24.4 Å². The van der Waals surface area contributed by atoms with Gasteiger partial charge >= 0.3 is 0 Å². The van der Waals surface area contributed by atoms with Crippen molar-refractivity contribution in [3.63, 3.8) is 0 Å². The average Bonchev–Trinajstić information content (AvgIpc) is 3.75. The van der Waals surface area contributed by atoms with Crippen LogP contribution in [0.3, 0.4) is 0 Å². The van der Waals surface area contributed by atoms with E-state index >= 15 is 4.39 Å². The molecule has 0 bridgehead atoms. The van der Waals surface area contributed by atoms with Crippen molar-refractivity contribution >= 4 is 35.0 Å². The van der Waals surface area contributed by atoms with E-state index in [4.69, 9.17) is 4.98 Å². The van der Waals surface area contributed by atoms with Crippen LogP contribution in [0, 0.1) is 11.2 Å². The predicted octanol–water partition coefficient (Wildman–Crippen LogP) is 4.08. The van der Waals surface area contributed by atoms with E-state index in [9.17, 15) is 9.59 Å². The molecule has 2 aliphatic heterocycles. The first-order valence-corrected chi connectivity index (χ1v) is 14.3. The van der Waals surface area contributed by atoms with E-state index in [1.807, 2.05) is 0 Å². The maximum atomic E-state index is 15.2. The Morgan fingerprint density at radius 2 is 1.82 bits per heavy atom. The van der Waals surface area contributed by atoms with E-state index < -0.39 is 5.82 Å². The summed E-state index contributed by atoms with van der Waals surface area (Å²) in [7, 11) is 3.87.